The molecule has 0 atom stereocenters. The van der Waals surface area contributed by atoms with Crippen molar-refractivity contribution in [3.8, 4) is 0 Å². The number of Topliss-reactive ketones (excluding diaryl/α,β-unsaturated/α-hetero) is 1. The lowest BCUT2D eigenvalue weighted by Crippen LogP contribution is -2.24. The lowest BCUT2D eigenvalue weighted by molar-refractivity contribution is -0.118. The molecule has 0 fully saturated rings. The van der Waals surface area contributed by atoms with Crippen LogP contribution in [0.2, 0.25) is 0 Å². The number of ketones is 1. The average Bonchev–Trinajstić information content (AvgIpc) is 2.71. The zero-order valence-electron chi connectivity index (χ0n) is 11.6. The van der Waals surface area contributed by atoms with Gasteiger partial charge in [0.2, 0.25) is 0 Å². The van der Waals surface area contributed by atoms with Gasteiger partial charge in [-0.15, -0.1) is 0 Å². The number of imidazole rings is 1. The molecule has 0 radical (unpaired) electrons. The molecule has 0 spiro atoms. The number of para-hydroxylation sites is 2. The van der Waals surface area contributed by atoms with E-state index in [0.29, 0.717) is 25.9 Å². The highest BCUT2D eigenvalue weighted by molar-refractivity contribution is 5.78. The Labute approximate surface area is 112 Å². The minimum Gasteiger partial charge on any atom is -0.300 e. The molecule has 19 heavy (non-hydrogen) atoms. The monoisotopic (exact) mass is 260 g/mol. The third-order valence-corrected chi connectivity index (χ3v) is 3.47. The summed E-state index contributed by atoms with van der Waals surface area (Å²) in [6.45, 7) is 5.12. The van der Waals surface area contributed by atoms with Gasteiger partial charge < -0.3 is 0 Å². The molecule has 0 saturated carbocycles. The largest absolute Gasteiger partial charge is 0.329 e. The van der Waals surface area contributed by atoms with Gasteiger partial charge in [-0.2, -0.15) is 0 Å². The molecule has 102 valence electrons. The topological polar surface area (TPSA) is 44.0 Å². The van der Waals surface area contributed by atoms with E-state index in [9.17, 15) is 9.59 Å². The van der Waals surface area contributed by atoms with Gasteiger partial charge in [-0.1, -0.05) is 19.1 Å². The first-order chi connectivity index (χ1) is 9.19. The second-order valence-corrected chi connectivity index (χ2v) is 4.66. The van der Waals surface area contributed by atoms with Crippen LogP contribution >= 0.6 is 0 Å². The summed E-state index contributed by atoms with van der Waals surface area (Å²) >= 11 is 0. The molecule has 0 N–H and O–H groups in total. The third-order valence-electron chi connectivity index (χ3n) is 3.47. The van der Waals surface area contributed by atoms with Gasteiger partial charge in [0.1, 0.15) is 5.78 Å². The lowest BCUT2D eigenvalue weighted by atomic mass is 10.2. The number of aromatic nitrogens is 2. The maximum absolute atomic E-state index is 12.3. The van der Waals surface area contributed by atoms with Crippen LogP contribution in [0.25, 0.3) is 11.0 Å². The van der Waals surface area contributed by atoms with Crippen molar-refractivity contribution in [2.75, 3.05) is 0 Å². The Balaban J connectivity index is 2.30. The van der Waals surface area contributed by atoms with E-state index in [0.717, 1.165) is 17.5 Å². The Kier molecular flexibility index (Phi) is 4.20. The number of carbonyl (C=O) groups excluding carboxylic acids is 1. The van der Waals surface area contributed by atoms with E-state index in [4.69, 9.17) is 0 Å². The van der Waals surface area contributed by atoms with Crippen molar-refractivity contribution in [1.29, 1.82) is 0 Å². The van der Waals surface area contributed by atoms with Crippen LogP contribution in [0.3, 0.4) is 0 Å². The number of aryl methyl sites for hydroxylation is 2. The molecule has 0 amide bonds. The molecule has 2 rings (SSSR count). The summed E-state index contributed by atoms with van der Waals surface area (Å²) in [6, 6.07) is 7.81. The second kappa shape index (κ2) is 5.87. The minimum atomic E-state index is 0.0210. The Morgan fingerprint density at radius 1 is 1.11 bits per heavy atom. The molecule has 0 saturated heterocycles. The quantitative estimate of drug-likeness (QED) is 0.801. The summed E-state index contributed by atoms with van der Waals surface area (Å²) in [5.41, 5.74) is 1.95. The smallest absolute Gasteiger partial charge is 0.300 e. The molecule has 4 nitrogen and oxygen atoms in total. The molecule has 2 aromatic rings. The van der Waals surface area contributed by atoms with E-state index in [1.807, 2.05) is 38.1 Å². The first-order valence-corrected chi connectivity index (χ1v) is 6.88. The fourth-order valence-corrected chi connectivity index (χ4v) is 2.41. The van der Waals surface area contributed by atoms with Crippen molar-refractivity contribution in [2.24, 2.45) is 0 Å². The summed E-state index contributed by atoms with van der Waals surface area (Å²) in [5.74, 6) is 0.257. The molecule has 1 aromatic heterocycles. The predicted molar refractivity (Wildman–Crippen MR) is 76.4 cm³/mol. The number of carbonyl (C=O) groups is 1. The van der Waals surface area contributed by atoms with Crippen LogP contribution in [0.4, 0.5) is 0 Å². The van der Waals surface area contributed by atoms with Crippen LogP contribution in [-0.4, -0.2) is 14.9 Å². The number of hydrogen-bond acceptors (Lipinski definition) is 2. The molecule has 0 aliphatic carbocycles. The fraction of sp³-hybridized carbons (Fsp3) is 0.467. The molecule has 0 bridgehead atoms. The van der Waals surface area contributed by atoms with Crippen LogP contribution < -0.4 is 5.69 Å². The van der Waals surface area contributed by atoms with Crippen LogP contribution in [0, 0.1) is 0 Å². The Morgan fingerprint density at radius 2 is 1.74 bits per heavy atom. The fourth-order valence-electron chi connectivity index (χ4n) is 2.41. The average molecular weight is 260 g/mol. The van der Waals surface area contributed by atoms with Crippen molar-refractivity contribution >= 4 is 16.8 Å². The second-order valence-electron chi connectivity index (χ2n) is 4.66. The van der Waals surface area contributed by atoms with Crippen LogP contribution in [0.1, 0.15) is 33.1 Å². The Hall–Kier alpha value is -1.84. The number of fused-ring (bicyclic) bond motifs is 1. The maximum Gasteiger partial charge on any atom is 0.329 e. The van der Waals surface area contributed by atoms with Crippen molar-refractivity contribution in [1.82, 2.24) is 9.13 Å². The van der Waals surface area contributed by atoms with Crippen LogP contribution in [0.15, 0.2) is 29.1 Å². The standard InChI is InChI=1S/C15H20N2O2/c1-3-12(18)8-7-11-17-14-10-6-5-9-13(14)16(4-2)15(17)19/h5-6,9-10H,3-4,7-8,11H2,1-2H3. The van der Waals surface area contributed by atoms with Gasteiger partial charge in [0.15, 0.2) is 0 Å². The van der Waals surface area contributed by atoms with E-state index in [2.05, 4.69) is 0 Å². The molecule has 1 heterocycles. The third kappa shape index (κ3) is 2.62. The van der Waals surface area contributed by atoms with Gasteiger partial charge >= 0.3 is 5.69 Å². The van der Waals surface area contributed by atoms with E-state index in [1.165, 1.54) is 0 Å². The SMILES string of the molecule is CCC(=O)CCCn1c(=O)n(CC)c2ccccc21. The number of hydrogen-bond donors (Lipinski definition) is 0. The van der Waals surface area contributed by atoms with E-state index in [1.54, 1.807) is 9.13 Å². The van der Waals surface area contributed by atoms with Crippen LogP contribution in [-0.2, 0) is 17.9 Å². The van der Waals surface area contributed by atoms with Crippen molar-refractivity contribution < 1.29 is 4.79 Å². The highest BCUT2D eigenvalue weighted by Crippen LogP contribution is 2.13. The van der Waals surface area contributed by atoms with Gasteiger partial charge in [-0.3, -0.25) is 13.9 Å². The minimum absolute atomic E-state index is 0.0210. The zero-order chi connectivity index (χ0) is 13.8. The van der Waals surface area contributed by atoms with Gasteiger partial charge in [0.25, 0.3) is 0 Å². The summed E-state index contributed by atoms with van der Waals surface area (Å²) in [6.07, 6.45) is 1.85. The Morgan fingerprint density at radius 3 is 2.32 bits per heavy atom. The number of nitrogens with zero attached hydrogens (tertiary/aromatic N) is 2. The summed E-state index contributed by atoms with van der Waals surface area (Å²) in [7, 11) is 0. The lowest BCUT2D eigenvalue weighted by Gasteiger charge is -2.02. The molecule has 0 aliphatic heterocycles. The van der Waals surface area contributed by atoms with Crippen molar-refractivity contribution in [2.45, 2.75) is 46.2 Å². The summed E-state index contributed by atoms with van der Waals surface area (Å²) < 4.78 is 3.55. The first kappa shape index (κ1) is 13.6. The molecule has 0 aliphatic rings. The number of rotatable bonds is 6. The van der Waals surface area contributed by atoms with Gasteiger partial charge in [-0.25, -0.2) is 4.79 Å². The van der Waals surface area contributed by atoms with Gasteiger partial charge in [0, 0.05) is 25.9 Å². The van der Waals surface area contributed by atoms with Crippen LogP contribution in [0.5, 0.6) is 0 Å². The molecular formula is C15H20N2O2. The summed E-state index contributed by atoms with van der Waals surface area (Å²) in [4.78, 5) is 23.6. The Bertz CT molecular complexity index is 637. The van der Waals surface area contributed by atoms with Crippen molar-refractivity contribution in [3.05, 3.63) is 34.7 Å². The highest BCUT2D eigenvalue weighted by Gasteiger charge is 2.11. The molecule has 0 unspecified atom stereocenters. The van der Waals surface area contributed by atoms with Gasteiger partial charge in [0.05, 0.1) is 11.0 Å². The predicted octanol–water partition coefficient (Wildman–Crippen LogP) is 2.58. The zero-order valence-corrected chi connectivity index (χ0v) is 11.6. The molecule has 1 aromatic carbocycles. The van der Waals surface area contributed by atoms with E-state index < -0.39 is 0 Å². The summed E-state index contributed by atoms with van der Waals surface area (Å²) in [5, 5.41) is 0. The maximum atomic E-state index is 12.3. The molecule has 4 heteroatoms. The van der Waals surface area contributed by atoms with Crippen molar-refractivity contribution in [3.63, 3.8) is 0 Å². The number of benzene rings is 1. The first-order valence-electron chi connectivity index (χ1n) is 6.88. The normalized spacial score (nSPS) is 11.1. The van der Waals surface area contributed by atoms with E-state index in [-0.39, 0.29) is 11.5 Å². The highest BCUT2D eigenvalue weighted by atomic mass is 16.1. The van der Waals surface area contributed by atoms with Gasteiger partial charge in [-0.05, 0) is 25.5 Å². The van der Waals surface area contributed by atoms with E-state index >= 15 is 0 Å². The molecular weight excluding hydrogens is 240 g/mol.